The van der Waals surface area contributed by atoms with Gasteiger partial charge in [0, 0.05) is 24.3 Å². The molecule has 1 aromatic rings. The molecule has 1 fully saturated rings. The molecule has 1 aliphatic rings. The third-order valence-corrected chi connectivity index (χ3v) is 5.26. The third kappa shape index (κ3) is 1.98. The molecule has 0 amide bonds. The van der Waals surface area contributed by atoms with Crippen molar-refractivity contribution in [2.75, 3.05) is 5.75 Å². The zero-order chi connectivity index (χ0) is 11.9. The zero-order valence-corrected chi connectivity index (χ0v) is 11.4. The van der Waals surface area contributed by atoms with Crippen LogP contribution in [-0.2, 0) is 13.5 Å². The lowest BCUT2D eigenvalue weighted by molar-refractivity contribution is 0.0463. The molecule has 1 aliphatic heterocycles. The summed E-state index contributed by atoms with van der Waals surface area (Å²) in [6, 6.07) is 0. The molecule has 1 aromatic heterocycles. The lowest BCUT2D eigenvalue weighted by atomic mass is 9.90. The first kappa shape index (κ1) is 12.3. The van der Waals surface area contributed by atoms with E-state index in [2.05, 4.69) is 12.0 Å². The molecule has 0 bridgehead atoms. The van der Waals surface area contributed by atoms with E-state index in [1.165, 1.54) is 0 Å². The van der Waals surface area contributed by atoms with Crippen LogP contribution in [0.4, 0.5) is 0 Å². The summed E-state index contributed by atoms with van der Waals surface area (Å²) in [5.74, 6) is 1.02. The maximum absolute atomic E-state index is 10.6. The summed E-state index contributed by atoms with van der Waals surface area (Å²) in [5, 5.41) is 15.7. The molecule has 0 aliphatic carbocycles. The Morgan fingerprint density at radius 2 is 2.38 bits per heavy atom. The molecule has 1 N–H and O–H groups in total. The summed E-state index contributed by atoms with van der Waals surface area (Å²) in [4.78, 5) is 0. The number of hydrogen-bond donors (Lipinski definition) is 1. The van der Waals surface area contributed by atoms with Gasteiger partial charge < -0.3 is 5.11 Å². The number of aryl methyl sites for hydroxylation is 2. The fraction of sp³-hybridized carbons (Fsp3) is 0.727. The minimum absolute atomic E-state index is 0.267. The molecule has 5 heteroatoms. The number of thioether (sulfide) groups is 1. The normalized spacial score (nSPS) is 29.9. The quantitative estimate of drug-likeness (QED) is 0.886. The van der Waals surface area contributed by atoms with Crippen LogP contribution in [0.5, 0.6) is 0 Å². The van der Waals surface area contributed by atoms with Crippen molar-refractivity contribution in [2.45, 2.75) is 37.5 Å². The Hall–Kier alpha value is -0.190. The van der Waals surface area contributed by atoms with Crippen LogP contribution in [0.3, 0.4) is 0 Å². The highest BCUT2D eigenvalue weighted by atomic mass is 35.5. The topological polar surface area (TPSA) is 38.0 Å². The predicted molar refractivity (Wildman–Crippen MR) is 68.1 cm³/mol. The lowest BCUT2D eigenvalue weighted by Crippen LogP contribution is -2.37. The summed E-state index contributed by atoms with van der Waals surface area (Å²) < 4.78 is 1.67. The first-order valence-corrected chi connectivity index (χ1v) is 6.88. The van der Waals surface area contributed by atoms with Crippen LogP contribution in [0.1, 0.15) is 24.6 Å². The van der Waals surface area contributed by atoms with Crippen molar-refractivity contribution in [3.8, 4) is 0 Å². The van der Waals surface area contributed by atoms with Gasteiger partial charge in [-0.05, 0) is 19.1 Å². The van der Waals surface area contributed by atoms with E-state index in [1.54, 1.807) is 4.68 Å². The van der Waals surface area contributed by atoms with Crippen molar-refractivity contribution in [2.24, 2.45) is 7.05 Å². The van der Waals surface area contributed by atoms with E-state index in [-0.39, 0.29) is 5.25 Å². The first-order valence-electron chi connectivity index (χ1n) is 5.46. The number of aliphatic hydroxyl groups is 1. The average molecular weight is 261 g/mol. The Balaban J connectivity index is 2.26. The van der Waals surface area contributed by atoms with Crippen LogP contribution in [0.2, 0.25) is 5.15 Å². The van der Waals surface area contributed by atoms with Gasteiger partial charge in [-0.25, -0.2) is 0 Å². The van der Waals surface area contributed by atoms with Gasteiger partial charge in [0.1, 0.15) is 5.15 Å². The van der Waals surface area contributed by atoms with Crippen molar-refractivity contribution in [1.29, 1.82) is 0 Å². The summed E-state index contributed by atoms with van der Waals surface area (Å²) in [5.41, 5.74) is 1.29. The highest BCUT2D eigenvalue weighted by Crippen LogP contribution is 2.39. The van der Waals surface area contributed by atoms with Crippen LogP contribution in [0.15, 0.2) is 0 Å². The molecule has 1 saturated heterocycles. The van der Waals surface area contributed by atoms with E-state index in [4.69, 9.17) is 11.6 Å². The van der Waals surface area contributed by atoms with Crippen LogP contribution < -0.4 is 0 Å². The third-order valence-electron chi connectivity index (χ3n) is 3.41. The van der Waals surface area contributed by atoms with Gasteiger partial charge in [0.05, 0.1) is 11.3 Å². The molecule has 16 heavy (non-hydrogen) atoms. The predicted octanol–water partition coefficient (Wildman–Crippen LogP) is 2.18. The Labute approximate surface area is 105 Å². The maximum atomic E-state index is 10.6. The highest BCUT2D eigenvalue weighted by molar-refractivity contribution is 8.00. The van der Waals surface area contributed by atoms with E-state index in [0.717, 1.165) is 23.4 Å². The summed E-state index contributed by atoms with van der Waals surface area (Å²) in [6.45, 7) is 4.02. The molecule has 2 heterocycles. The standard InChI is InChI=1S/C11H17ClN2OS/c1-7-9(10(12)14(3)13-7)6-11(15)4-5-16-8(11)2/h8,15H,4-6H2,1-3H3. The molecule has 2 rings (SSSR count). The van der Waals surface area contributed by atoms with E-state index < -0.39 is 5.60 Å². The second kappa shape index (κ2) is 4.24. The van der Waals surface area contributed by atoms with E-state index in [0.29, 0.717) is 11.6 Å². The van der Waals surface area contributed by atoms with Gasteiger partial charge in [-0.3, -0.25) is 4.68 Å². The molecule has 3 nitrogen and oxygen atoms in total. The largest absolute Gasteiger partial charge is 0.388 e. The average Bonchev–Trinajstić information content (AvgIpc) is 2.64. The molecule has 0 aromatic carbocycles. The molecule has 0 saturated carbocycles. The number of halogens is 1. The summed E-state index contributed by atoms with van der Waals surface area (Å²) >= 11 is 8.01. The SMILES string of the molecule is Cc1nn(C)c(Cl)c1CC1(O)CCSC1C. The van der Waals surface area contributed by atoms with Crippen molar-refractivity contribution in [3.63, 3.8) is 0 Å². The van der Waals surface area contributed by atoms with Crippen LogP contribution in [0, 0.1) is 6.92 Å². The molecule has 0 spiro atoms. The maximum Gasteiger partial charge on any atom is 0.130 e. The minimum Gasteiger partial charge on any atom is -0.388 e. The highest BCUT2D eigenvalue weighted by Gasteiger charge is 2.40. The Bertz CT molecular complexity index is 407. The number of aromatic nitrogens is 2. The van der Waals surface area contributed by atoms with Crippen molar-refractivity contribution in [1.82, 2.24) is 9.78 Å². The van der Waals surface area contributed by atoms with Gasteiger partial charge in [0.2, 0.25) is 0 Å². The smallest absolute Gasteiger partial charge is 0.130 e. The summed E-state index contributed by atoms with van der Waals surface area (Å²) in [6.07, 6.45) is 1.45. The van der Waals surface area contributed by atoms with E-state index >= 15 is 0 Å². The van der Waals surface area contributed by atoms with E-state index in [1.807, 2.05) is 25.7 Å². The van der Waals surface area contributed by atoms with Gasteiger partial charge >= 0.3 is 0 Å². The fourth-order valence-electron chi connectivity index (χ4n) is 2.18. The fourth-order valence-corrected chi connectivity index (χ4v) is 3.76. The molecule has 90 valence electrons. The second-order valence-corrected chi connectivity index (χ2v) is 6.33. The van der Waals surface area contributed by atoms with Gasteiger partial charge in [-0.2, -0.15) is 16.9 Å². The zero-order valence-electron chi connectivity index (χ0n) is 9.83. The first-order chi connectivity index (χ1) is 7.44. The lowest BCUT2D eigenvalue weighted by Gasteiger charge is -2.26. The van der Waals surface area contributed by atoms with Crippen LogP contribution in [-0.4, -0.2) is 31.5 Å². The van der Waals surface area contributed by atoms with Crippen LogP contribution >= 0.6 is 23.4 Å². The molecular formula is C11H17ClN2OS. The van der Waals surface area contributed by atoms with Gasteiger partial charge in [-0.15, -0.1) is 0 Å². The molecule has 2 unspecified atom stereocenters. The van der Waals surface area contributed by atoms with Gasteiger partial charge in [-0.1, -0.05) is 18.5 Å². The van der Waals surface area contributed by atoms with Crippen molar-refractivity contribution < 1.29 is 5.11 Å². The van der Waals surface area contributed by atoms with Crippen molar-refractivity contribution in [3.05, 3.63) is 16.4 Å². The monoisotopic (exact) mass is 260 g/mol. The van der Waals surface area contributed by atoms with E-state index in [9.17, 15) is 5.11 Å². The Morgan fingerprint density at radius 3 is 2.81 bits per heavy atom. The van der Waals surface area contributed by atoms with Crippen LogP contribution in [0.25, 0.3) is 0 Å². The number of nitrogens with zero attached hydrogens (tertiary/aromatic N) is 2. The Kier molecular flexibility index (Phi) is 3.25. The molecular weight excluding hydrogens is 244 g/mol. The van der Waals surface area contributed by atoms with Gasteiger partial charge in [0.25, 0.3) is 0 Å². The second-order valence-electron chi connectivity index (χ2n) is 4.52. The number of hydrogen-bond acceptors (Lipinski definition) is 3. The molecule has 2 atom stereocenters. The van der Waals surface area contributed by atoms with Gasteiger partial charge in [0.15, 0.2) is 0 Å². The summed E-state index contributed by atoms with van der Waals surface area (Å²) in [7, 11) is 1.83. The molecule has 0 radical (unpaired) electrons. The Morgan fingerprint density at radius 1 is 1.69 bits per heavy atom. The van der Waals surface area contributed by atoms with Crippen molar-refractivity contribution >= 4 is 23.4 Å². The number of rotatable bonds is 2. The minimum atomic E-state index is -0.623.